The van der Waals surface area contributed by atoms with Gasteiger partial charge in [-0.3, -0.25) is 19.6 Å². The molecule has 0 saturated carbocycles. The van der Waals surface area contributed by atoms with Crippen molar-refractivity contribution in [2.24, 2.45) is 0 Å². The van der Waals surface area contributed by atoms with Crippen LogP contribution in [0.1, 0.15) is 57.2 Å². The maximum atomic E-state index is 13.1. The molecule has 4 rings (SSSR count). The average molecular weight is 419 g/mol. The number of benzene rings is 1. The second-order valence-electron chi connectivity index (χ2n) is 7.32. The predicted octanol–water partition coefficient (Wildman–Crippen LogP) is 2.62. The molecule has 1 atom stereocenters. The number of carbonyl (C=O) groups excluding carboxylic acids is 2. The summed E-state index contributed by atoms with van der Waals surface area (Å²) < 4.78 is 7.44. The van der Waals surface area contributed by atoms with E-state index in [-0.39, 0.29) is 24.4 Å². The van der Waals surface area contributed by atoms with Crippen LogP contribution < -0.4 is 10.6 Å². The van der Waals surface area contributed by atoms with Crippen LogP contribution in [0.3, 0.4) is 0 Å². The molecule has 160 valence electrons. The normalized spacial score (nSPS) is 13.8. The lowest BCUT2D eigenvalue weighted by Crippen LogP contribution is -2.30. The summed E-state index contributed by atoms with van der Waals surface area (Å²) in [4.78, 5) is 34.2. The Kier molecular flexibility index (Phi) is 6.37. The Hall–Kier alpha value is -3.52. The summed E-state index contributed by atoms with van der Waals surface area (Å²) in [6, 6.07) is 11.4. The topological polar surface area (TPSA) is 98.1 Å². The lowest BCUT2D eigenvalue weighted by atomic mass is 10.0. The second kappa shape index (κ2) is 9.53. The van der Waals surface area contributed by atoms with Crippen LogP contribution in [-0.2, 0) is 24.4 Å². The molecule has 2 amide bonds. The molecule has 1 aromatic carbocycles. The number of fused-ring (bicyclic) bond motifs is 1. The fourth-order valence-electron chi connectivity index (χ4n) is 3.73. The van der Waals surface area contributed by atoms with E-state index in [9.17, 15) is 9.59 Å². The zero-order valence-corrected chi connectivity index (χ0v) is 17.4. The molecule has 0 aliphatic carbocycles. The van der Waals surface area contributed by atoms with E-state index in [1.54, 1.807) is 24.7 Å². The second-order valence-corrected chi connectivity index (χ2v) is 7.32. The lowest BCUT2D eigenvalue weighted by molar-refractivity contribution is 0.0776. The molecule has 8 nitrogen and oxygen atoms in total. The van der Waals surface area contributed by atoms with Gasteiger partial charge in [-0.05, 0) is 18.1 Å². The van der Waals surface area contributed by atoms with Gasteiger partial charge in [0.05, 0.1) is 48.9 Å². The summed E-state index contributed by atoms with van der Waals surface area (Å²) in [5.41, 5.74) is 3.34. The van der Waals surface area contributed by atoms with E-state index < -0.39 is 0 Å². The number of aromatic nitrogens is 3. The van der Waals surface area contributed by atoms with Crippen LogP contribution in [0, 0.1) is 0 Å². The molecule has 1 aliphatic rings. The van der Waals surface area contributed by atoms with E-state index in [1.165, 1.54) is 0 Å². The van der Waals surface area contributed by atoms with E-state index in [2.05, 4.69) is 20.6 Å². The monoisotopic (exact) mass is 419 g/mol. The summed E-state index contributed by atoms with van der Waals surface area (Å²) in [5.74, 6) is -0.471. The van der Waals surface area contributed by atoms with Gasteiger partial charge in [-0.25, -0.2) is 0 Å². The van der Waals surface area contributed by atoms with Crippen molar-refractivity contribution in [3.8, 4) is 0 Å². The molecular weight excluding hydrogens is 394 g/mol. The molecule has 1 aliphatic heterocycles. The molecule has 1 unspecified atom stereocenters. The van der Waals surface area contributed by atoms with Crippen LogP contribution >= 0.6 is 0 Å². The van der Waals surface area contributed by atoms with Crippen molar-refractivity contribution in [2.75, 3.05) is 6.61 Å². The van der Waals surface area contributed by atoms with E-state index in [0.717, 1.165) is 17.7 Å². The minimum absolute atomic E-state index is 0.109. The first-order chi connectivity index (χ1) is 15.2. The number of rotatable bonds is 7. The first-order valence-corrected chi connectivity index (χ1v) is 10.4. The smallest absolute Gasteiger partial charge is 0.268 e. The Labute approximate surface area is 180 Å². The van der Waals surface area contributed by atoms with Crippen molar-refractivity contribution in [1.29, 1.82) is 0 Å². The molecule has 0 radical (unpaired) electrons. The number of nitrogens with zero attached hydrogens (tertiary/aromatic N) is 3. The van der Waals surface area contributed by atoms with Crippen molar-refractivity contribution in [3.63, 3.8) is 0 Å². The van der Waals surface area contributed by atoms with Crippen LogP contribution in [0.15, 0.2) is 55.0 Å². The standard InChI is InChI=1S/C23H25N5O3/c1-2-19(16-6-4-3-5-7-16)27-22(29)18-12-20(28-10-11-31-15-21(18)28)23(30)26-14-17-13-24-8-9-25-17/h3-9,12-13,19H,2,10-11,14-15H2,1H3,(H,26,30)(H,27,29). The Morgan fingerprint density at radius 1 is 1.19 bits per heavy atom. The summed E-state index contributed by atoms with van der Waals surface area (Å²) >= 11 is 0. The fraction of sp³-hybridized carbons (Fsp3) is 0.304. The van der Waals surface area contributed by atoms with Gasteiger partial charge >= 0.3 is 0 Å². The number of nitrogens with one attached hydrogen (secondary N) is 2. The third kappa shape index (κ3) is 4.64. The van der Waals surface area contributed by atoms with Crippen molar-refractivity contribution in [2.45, 2.75) is 39.1 Å². The van der Waals surface area contributed by atoms with Crippen LogP contribution in [-0.4, -0.2) is 33.0 Å². The molecule has 0 bridgehead atoms. The van der Waals surface area contributed by atoms with E-state index in [1.807, 2.05) is 41.8 Å². The van der Waals surface area contributed by atoms with Crippen molar-refractivity contribution in [1.82, 2.24) is 25.2 Å². The molecule has 2 N–H and O–H groups in total. The molecule has 3 heterocycles. The molecule has 8 heteroatoms. The number of amides is 2. The first kappa shape index (κ1) is 20.7. The van der Waals surface area contributed by atoms with Gasteiger partial charge in [-0.1, -0.05) is 37.3 Å². The molecule has 31 heavy (non-hydrogen) atoms. The van der Waals surface area contributed by atoms with Gasteiger partial charge in [0.25, 0.3) is 11.8 Å². The van der Waals surface area contributed by atoms with E-state index in [4.69, 9.17) is 4.74 Å². The SMILES string of the molecule is CCC(NC(=O)c1cc(C(=O)NCc2cnccn2)n2c1COCC2)c1ccccc1. The number of ether oxygens (including phenoxy) is 1. The maximum absolute atomic E-state index is 13.1. The van der Waals surface area contributed by atoms with Gasteiger partial charge in [0, 0.05) is 18.9 Å². The van der Waals surface area contributed by atoms with Gasteiger partial charge < -0.3 is 19.9 Å². The third-order valence-electron chi connectivity index (χ3n) is 5.35. The highest BCUT2D eigenvalue weighted by molar-refractivity contribution is 6.00. The third-order valence-corrected chi connectivity index (χ3v) is 5.35. The van der Waals surface area contributed by atoms with Crippen molar-refractivity contribution in [3.05, 3.63) is 83.2 Å². The fourth-order valence-corrected chi connectivity index (χ4v) is 3.73. The minimum atomic E-state index is -0.261. The number of hydrogen-bond donors (Lipinski definition) is 2. The van der Waals surface area contributed by atoms with Gasteiger partial charge in [0.1, 0.15) is 5.69 Å². The number of carbonyl (C=O) groups is 2. The quantitative estimate of drug-likeness (QED) is 0.614. The first-order valence-electron chi connectivity index (χ1n) is 10.4. The Morgan fingerprint density at radius 2 is 2.03 bits per heavy atom. The Morgan fingerprint density at radius 3 is 2.77 bits per heavy atom. The van der Waals surface area contributed by atoms with Crippen LogP contribution in [0.25, 0.3) is 0 Å². The largest absolute Gasteiger partial charge is 0.373 e. The summed E-state index contributed by atoms with van der Waals surface area (Å²) in [6.07, 6.45) is 5.53. The molecule has 2 aromatic heterocycles. The zero-order valence-electron chi connectivity index (χ0n) is 17.4. The minimum Gasteiger partial charge on any atom is -0.373 e. The van der Waals surface area contributed by atoms with Crippen molar-refractivity contribution >= 4 is 11.8 Å². The molecular formula is C23H25N5O3. The van der Waals surface area contributed by atoms with Gasteiger partial charge in [0.15, 0.2) is 0 Å². The highest BCUT2D eigenvalue weighted by atomic mass is 16.5. The summed E-state index contributed by atoms with van der Waals surface area (Å²) in [6.45, 7) is 3.60. The molecule has 0 spiro atoms. The molecule has 0 saturated heterocycles. The van der Waals surface area contributed by atoms with E-state index >= 15 is 0 Å². The Balaban J connectivity index is 1.55. The van der Waals surface area contributed by atoms with Crippen LogP contribution in [0.4, 0.5) is 0 Å². The zero-order chi connectivity index (χ0) is 21.6. The molecule has 3 aromatic rings. The average Bonchev–Trinajstić information content (AvgIpc) is 3.22. The predicted molar refractivity (Wildman–Crippen MR) is 114 cm³/mol. The molecule has 0 fully saturated rings. The highest BCUT2D eigenvalue weighted by Crippen LogP contribution is 2.23. The van der Waals surface area contributed by atoms with E-state index in [0.29, 0.717) is 36.7 Å². The summed E-state index contributed by atoms with van der Waals surface area (Å²) in [7, 11) is 0. The Bertz CT molecular complexity index is 1050. The van der Waals surface area contributed by atoms with Gasteiger partial charge in [0.2, 0.25) is 0 Å². The van der Waals surface area contributed by atoms with Crippen molar-refractivity contribution < 1.29 is 14.3 Å². The maximum Gasteiger partial charge on any atom is 0.268 e. The highest BCUT2D eigenvalue weighted by Gasteiger charge is 2.27. The number of hydrogen-bond acceptors (Lipinski definition) is 5. The van der Waals surface area contributed by atoms with Crippen LogP contribution in [0.5, 0.6) is 0 Å². The van der Waals surface area contributed by atoms with Gasteiger partial charge in [-0.15, -0.1) is 0 Å². The summed E-state index contributed by atoms with van der Waals surface area (Å²) in [5, 5.41) is 5.96. The van der Waals surface area contributed by atoms with Gasteiger partial charge in [-0.2, -0.15) is 0 Å². The van der Waals surface area contributed by atoms with Crippen LogP contribution in [0.2, 0.25) is 0 Å². The lowest BCUT2D eigenvalue weighted by Gasteiger charge is -2.20.